The van der Waals surface area contributed by atoms with E-state index < -0.39 is 17.6 Å². The lowest BCUT2D eigenvalue weighted by Gasteiger charge is -2.17. The van der Waals surface area contributed by atoms with Crippen LogP contribution in [0.4, 0.5) is 24.7 Å². The fourth-order valence-corrected chi connectivity index (χ4v) is 4.60. The summed E-state index contributed by atoms with van der Waals surface area (Å²) >= 11 is 0. The Morgan fingerprint density at radius 3 is 2.46 bits per heavy atom. The van der Waals surface area contributed by atoms with Gasteiger partial charge in [-0.3, -0.25) is 4.79 Å². The topological polar surface area (TPSA) is 104 Å². The number of alkyl halides is 3. The molecule has 0 spiro atoms. The molecule has 5 aromatic rings. The fourth-order valence-electron chi connectivity index (χ4n) is 4.60. The Morgan fingerprint density at radius 2 is 1.78 bits per heavy atom. The van der Waals surface area contributed by atoms with Crippen LogP contribution in [0.1, 0.15) is 50.8 Å². The van der Waals surface area contributed by atoms with Crippen molar-refractivity contribution in [1.29, 1.82) is 0 Å². The number of halogens is 3. The SMILES string of the molecule is CCn1cc(C#Cc2cc(NC(=O)c3cc(-n4cnc(C)c4)c(C)c(C(F)(F)F)c3)ccc2C)c2c(N)ncnc21. The summed E-state index contributed by atoms with van der Waals surface area (Å²) in [5.41, 5.74) is 9.13. The van der Waals surface area contributed by atoms with Crippen LogP contribution in [0.2, 0.25) is 0 Å². The number of hydrogen-bond donors (Lipinski definition) is 2. The van der Waals surface area contributed by atoms with Crippen molar-refractivity contribution in [1.82, 2.24) is 24.1 Å². The molecule has 0 radical (unpaired) electrons. The van der Waals surface area contributed by atoms with Crippen molar-refractivity contribution in [3.05, 3.63) is 94.5 Å². The van der Waals surface area contributed by atoms with Crippen LogP contribution < -0.4 is 11.1 Å². The van der Waals surface area contributed by atoms with E-state index in [9.17, 15) is 18.0 Å². The number of carbonyl (C=O) groups excluding carboxylic acids is 1. The minimum absolute atomic E-state index is 0.00480. The number of nitrogens with one attached hydrogen (secondary N) is 1. The number of nitrogens with two attached hydrogens (primary N) is 1. The van der Waals surface area contributed by atoms with Gasteiger partial charge in [0, 0.05) is 35.8 Å². The van der Waals surface area contributed by atoms with Crippen LogP contribution in [0.25, 0.3) is 16.7 Å². The molecule has 3 heterocycles. The summed E-state index contributed by atoms with van der Waals surface area (Å²) in [6.45, 7) is 7.63. The molecule has 0 saturated carbocycles. The molecule has 8 nitrogen and oxygen atoms in total. The first-order valence-corrected chi connectivity index (χ1v) is 12.7. The van der Waals surface area contributed by atoms with Gasteiger partial charge >= 0.3 is 6.18 Å². The summed E-state index contributed by atoms with van der Waals surface area (Å²) in [5, 5.41) is 3.37. The zero-order valence-electron chi connectivity index (χ0n) is 22.8. The maximum absolute atomic E-state index is 13.9. The highest BCUT2D eigenvalue weighted by Gasteiger charge is 2.34. The summed E-state index contributed by atoms with van der Waals surface area (Å²) in [5.74, 6) is 5.89. The number of imidazole rings is 1. The quantitative estimate of drug-likeness (QED) is 0.271. The molecule has 2 aromatic carbocycles. The minimum atomic E-state index is -4.65. The number of benzene rings is 2. The van der Waals surface area contributed by atoms with Gasteiger partial charge in [-0.2, -0.15) is 13.2 Å². The second-order valence-electron chi connectivity index (χ2n) is 9.61. The number of aromatic nitrogens is 5. The molecule has 0 fully saturated rings. The van der Waals surface area contributed by atoms with E-state index in [1.807, 2.05) is 24.6 Å². The number of nitrogen functional groups attached to an aromatic ring is 1. The van der Waals surface area contributed by atoms with Crippen LogP contribution in [0, 0.1) is 32.6 Å². The predicted octanol–water partition coefficient (Wildman–Crippen LogP) is 5.82. The van der Waals surface area contributed by atoms with Gasteiger partial charge in [0.15, 0.2) is 0 Å². The van der Waals surface area contributed by atoms with Crippen molar-refractivity contribution in [3.63, 3.8) is 0 Å². The zero-order valence-corrected chi connectivity index (χ0v) is 22.8. The van der Waals surface area contributed by atoms with Gasteiger partial charge in [0.25, 0.3) is 5.91 Å². The van der Waals surface area contributed by atoms with Crippen LogP contribution in [0.3, 0.4) is 0 Å². The molecular weight excluding hydrogens is 531 g/mol. The van der Waals surface area contributed by atoms with Gasteiger partial charge in [-0.15, -0.1) is 0 Å². The Labute approximate surface area is 234 Å². The summed E-state index contributed by atoms with van der Waals surface area (Å²) < 4.78 is 45.1. The number of amides is 1. The molecule has 0 unspecified atom stereocenters. The lowest BCUT2D eigenvalue weighted by Crippen LogP contribution is -2.17. The van der Waals surface area contributed by atoms with E-state index in [1.54, 1.807) is 31.3 Å². The number of aryl methyl sites for hydroxylation is 3. The molecular formula is C30H26F3N7O. The Hall–Kier alpha value is -5.11. The van der Waals surface area contributed by atoms with Gasteiger partial charge in [-0.25, -0.2) is 15.0 Å². The lowest BCUT2D eigenvalue weighted by atomic mass is 10.0. The average Bonchev–Trinajstić information content (AvgIpc) is 3.52. The van der Waals surface area contributed by atoms with Crippen molar-refractivity contribution >= 4 is 28.4 Å². The monoisotopic (exact) mass is 557 g/mol. The van der Waals surface area contributed by atoms with Crippen molar-refractivity contribution in [2.24, 2.45) is 0 Å². The molecule has 11 heteroatoms. The molecule has 0 saturated heterocycles. The van der Waals surface area contributed by atoms with Crippen LogP contribution in [-0.2, 0) is 12.7 Å². The summed E-state index contributed by atoms with van der Waals surface area (Å²) in [7, 11) is 0. The second-order valence-corrected chi connectivity index (χ2v) is 9.61. The normalized spacial score (nSPS) is 11.4. The first-order valence-electron chi connectivity index (χ1n) is 12.7. The van der Waals surface area contributed by atoms with E-state index in [4.69, 9.17) is 5.73 Å². The molecule has 41 heavy (non-hydrogen) atoms. The van der Waals surface area contributed by atoms with Crippen LogP contribution in [-0.4, -0.2) is 30.0 Å². The number of hydrogen-bond acceptors (Lipinski definition) is 5. The highest BCUT2D eigenvalue weighted by atomic mass is 19.4. The molecule has 0 atom stereocenters. The molecule has 0 aliphatic heterocycles. The van der Waals surface area contributed by atoms with Crippen molar-refractivity contribution in [2.75, 3.05) is 11.1 Å². The zero-order chi connectivity index (χ0) is 29.5. The Balaban J connectivity index is 1.49. The van der Waals surface area contributed by atoms with E-state index in [0.29, 0.717) is 45.9 Å². The van der Waals surface area contributed by atoms with Gasteiger partial charge in [-0.1, -0.05) is 17.9 Å². The molecule has 0 aliphatic carbocycles. The summed E-state index contributed by atoms with van der Waals surface area (Å²) in [6.07, 6.45) is 1.64. The van der Waals surface area contributed by atoms with E-state index in [0.717, 1.165) is 11.6 Å². The molecule has 3 N–H and O–H groups in total. The van der Waals surface area contributed by atoms with E-state index in [-0.39, 0.29) is 16.8 Å². The predicted molar refractivity (Wildman–Crippen MR) is 151 cm³/mol. The van der Waals surface area contributed by atoms with Gasteiger partial charge in [-0.05, 0) is 63.1 Å². The lowest BCUT2D eigenvalue weighted by molar-refractivity contribution is -0.138. The third-order valence-corrected chi connectivity index (χ3v) is 6.79. The number of carbonyl (C=O) groups is 1. The molecule has 5 rings (SSSR count). The number of fused-ring (bicyclic) bond motifs is 1. The van der Waals surface area contributed by atoms with Gasteiger partial charge < -0.3 is 20.2 Å². The number of rotatable bonds is 4. The van der Waals surface area contributed by atoms with Crippen LogP contribution in [0.5, 0.6) is 0 Å². The Kier molecular flexibility index (Phi) is 7.01. The fraction of sp³-hybridized carbons (Fsp3) is 0.200. The van der Waals surface area contributed by atoms with Crippen LogP contribution in [0.15, 0.2) is 55.4 Å². The summed E-state index contributed by atoms with van der Waals surface area (Å²) in [6, 6.07) is 7.42. The Bertz CT molecular complexity index is 1870. The third-order valence-electron chi connectivity index (χ3n) is 6.79. The molecule has 0 bridgehead atoms. The van der Waals surface area contributed by atoms with E-state index >= 15 is 0 Å². The van der Waals surface area contributed by atoms with Crippen molar-refractivity contribution < 1.29 is 18.0 Å². The maximum Gasteiger partial charge on any atom is 0.416 e. The minimum Gasteiger partial charge on any atom is -0.383 e. The number of nitrogens with zero attached hydrogens (tertiary/aromatic N) is 5. The Morgan fingerprint density at radius 1 is 1.02 bits per heavy atom. The highest BCUT2D eigenvalue weighted by molar-refractivity contribution is 6.05. The highest BCUT2D eigenvalue weighted by Crippen LogP contribution is 2.35. The third kappa shape index (κ3) is 5.36. The van der Waals surface area contributed by atoms with Gasteiger partial charge in [0.2, 0.25) is 0 Å². The standard InChI is InChI=1S/C30H26F3N7O/c1-5-39-14-21(26-27(34)35-15-36-28(26)39)8-7-20-10-23(9-6-17(20)2)38-29(41)22-11-24(30(31,32)33)19(4)25(12-22)40-13-18(3)37-16-40/h6,9-16H,5H2,1-4H3,(H,38,41)(H2,34,35,36). The molecule has 0 aliphatic rings. The van der Waals surface area contributed by atoms with Crippen molar-refractivity contribution in [3.8, 4) is 17.5 Å². The first kappa shape index (κ1) is 27.5. The van der Waals surface area contributed by atoms with E-state index in [1.165, 1.54) is 30.2 Å². The average molecular weight is 558 g/mol. The first-order chi connectivity index (χ1) is 19.5. The smallest absolute Gasteiger partial charge is 0.383 e. The summed E-state index contributed by atoms with van der Waals surface area (Å²) in [4.78, 5) is 25.7. The second kappa shape index (κ2) is 10.5. The van der Waals surface area contributed by atoms with Crippen molar-refractivity contribution in [2.45, 2.75) is 40.4 Å². The molecule has 3 aromatic heterocycles. The molecule has 208 valence electrons. The van der Waals surface area contributed by atoms with Crippen LogP contribution >= 0.6 is 0 Å². The van der Waals surface area contributed by atoms with Gasteiger partial charge in [0.1, 0.15) is 17.8 Å². The maximum atomic E-state index is 13.9. The largest absolute Gasteiger partial charge is 0.416 e. The van der Waals surface area contributed by atoms with Gasteiger partial charge in [0.05, 0.1) is 34.2 Å². The number of anilines is 2. The molecule has 1 amide bonds. The van der Waals surface area contributed by atoms with E-state index in [2.05, 4.69) is 32.1 Å².